The van der Waals surface area contributed by atoms with Crippen LogP contribution >= 0.6 is 0 Å². The van der Waals surface area contributed by atoms with Crippen molar-refractivity contribution in [3.63, 3.8) is 0 Å². The SMILES string of the molecule is CCCC1CC1Nc1cnc(C)c(C)n1. The Morgan fingerprint density at radius 2 is 2.20 bits per heavy atom. The van der Waals surface area contributed by atoms with Crippen LogP contribution in [0, 0.1) is 19.8 Å². The molecule has 0 aliphatic heterocycles. The first kappa shape index (κ1) is 10.4. The molecule has 3 nitrogen and oxygen atoms in total. The Morgan fingerprint density at radius 1 is 1.40 bits per heavy atom. The summed E-state index contributed by atoms with van der Waals surface area (Å²) >= 11 is 0. The van der Waals surface area contributed by atoms with Gasteiger partial charge in [-0.3, -0.25) is 4.98 Å². The Hall–Kier alpha value is -1.12. The minimum absolute atomic E-state index is 0.640. The molecule has 1 aromatic heterocycles. The normalized spacial score (nSPS) is 23.9. The number of nitrogens with zero attached hydrogens (tertiary/aromatic N) is 2. The highest BCUT2D eigenvalue weighted by Gasteiger charge is 2.36. The Morgan fingerprint density at radius 3 is 2.87 bits per heavy atom. The van der Waals surface area contributed by atoms with Crippen molar-refractivity contribution in [1.82, 2.24) is 9.97 Å². The summed E-state index contributed by atoms with van der Waals surface area (Å²) in [6, 6.07) is 0.640. The molecule has 0 aromatic carbocycles. The van der Waals surface area contributed by atoms with E-state index in [0.29, 0.717) is 6.04 Å². The zero-order valence-corrected chi connectivity index (χ0v) is 9.75. The lowest BCUT2D eigenvalue weighted by atomic mass is 10.2. The van der Waals surface area contributed by atoms with Crippen molar-refractivity contribution in [2.75, 3.05) is 5.32 Å². The van der Waals surface area contributed by atoms with Gasteiger partial charge < -0.3 is 5.32 Å². The highest BCUT2D eigenvalue weighted by atomic mass is 15.1. The van der Waals surface area contributed by atoms with E-state index in [1.807, 2.05) is 20.0 Å². The number of aryl methyl sites for hydroxylation is 2. The van der Waals surface area contributed by atoms with E-state index >= 15 is 0 Å². The van der Waals surface area contributed by atoms with Crippen LogP contribution < -0.4 is 5.32 Å². The van der Waals surface area contributed by atoms with Gasteiger partial charge in [-0.25, -0.2) is 4.98 Å². The van der Waals surface area contributed by atoms with Crippen LogP contribution in [-0.4, -0.2) is 16.0 Å². The summed E-state index contributed by atoms with van der Waals surface area (Å²) in [5.41, 5.74) is 2.04. The van der Waals surface area contributed by atoms with E-state index in [1.165, 1.54) is 19.3 Å². The average molecular weight is 205 g/mol. The fraction of sp³-hybridized carbons (Fsp3) is 0.667. The number of hydrogen-bond acceptors (Lipinski definition) is 3. The summed E-state index contributed by atoms with van der Waals surface area (Å²) in [7, 11) is 0. The number of rotatable bonds is 4. The smallest absolute Gasteiger partial charge is 0.145 e. The number of aromatic nitrogens is 2. The topological polar surface area (TPSA) is 37.8 Å². The van der Waals surface area contributed by atoms with Crippen molar-refractivity contribution in [3.05, 3.63) is 17.6 Å². The largest absolute Gasteiger partial charge is 0.366 e. The molecule has 0 bridgehead atoms. The average Bonchev–Trinajstić information content (AvgIpc) is 2.91. The molecule has 1 aromatic rings. The number of hydrogen-bond donors (Lipinski definition) is 1. The van der Waals surface area contributed by atoms with Gasteiger partial charge in [0.1, 0.15) is 5.82 Å². The third-order valence-corrected chi connectivity index (χ3v) is 3.11. The standard InChI is InChI=1S/C12H19N3/c1-4-5-10-6-11(10)15-12-7-13-8(2)9(3)14-12/h7,10-11H,4-6H2,1-3H3,(H,14,15). The van der Waals surface area contributed by atoms with Crippen LogP contribution in [0.2, 0.25) is 0 Å². The maximum atomic E-state index is 4.47. The molecule has 1 aliphatic carbocycles. The summed E-state index contributed by atoms with van der Waals surface area (Å²) in [5.74, 6) is 1.79. The zero-order chi connectivity index (χ0) is 10.8. The molecule has 0 amide bonds. The van der Waals surface area contributed by atoms with Crippen LogP contribution in [0.5, 0.6) is 0 Å². The van der Waals surface area contributed by atoms with Gasteiger partial charge in [-0.1, -0.05) is 13.3 Å². The van der Waals surface area contributed by atoms with Crippen LogP contribution in [0.3, 0.4) is 0 Å². The molecule has 1 fully saturated rings. The van der Waals surface area contributed by atoms with E-state index in [0.717, 1.165) is 23.1 Å². The molecule has 82 valence electrons. The third kappa shape index (κ3) is 2.46. The van der Waals surface area contributed by atoms with Crippen molar-refractivity contribution in [2.24, 2.45) is 5.92 Å². The molecular formula is C12H19N3. The van der Waals surface area contributed by atoms with Gasteiger partial charge in [-0.05, 0) is 32.6 Å². The second kappa shape index (κ2) is 4.17. The summed E-state index contributed by atoms with van der Waals surface area (Å²) in [6.07, 6.45) is 5.74. The lowest BCUT2D eigenvalue weighted by Gasteiger charge is -2.06. The van der Waals surface area contributed by atoms with Gasteiger partial charge in [0, 0.05) is 6.04 Å². The molecule has 1 aliphatic rings. The van der Waals surface area contributed by atoms with E-state index < -0.39 is 0 Å². The molecule has 2 rings (SSSR count). The predicted octanol–water partition coefficient (Wildman–Crippen LogP) is 2.69. The molecule has 1 heterocycles. The van der Waals surface area contributed by atoms with E-state index in [9.17, 15) is 0 Å². The van der Waals surface area contributed by atoms with E-state index in [1.54, 1.807) is 0 Å². The second-order valence-electron chi connectivity index (χ2n) is 4.46. The zero-order valence-electron chi connectivity index (χ0n) is 9.75. The highest BCUT2D eigenvalue weighted by molar-refractivity contribution is 5.36. The van der Waals surface area contributed by atoms with Gasteiger partial charge in [-0.15, -0.1) is 0 Å². The Bertz CT molecular complexity index is 349. The maximum absolute atomic E-state index is 4.47. The second-order valence-corrected chi connectivity index (χ2v) is 4.46. The third-order valence-electron chi connectivity index (χ3n) is 3.11. The minimum Gasteiger partial charge on any atom is -0.366 e. The quantitative estimate of drug-likeness (QED) is 0.821. The van der Waals surface area contributed by atoms with E-state index in [2.05, 4.69) is 22.2 Å². The van der Waals surface area contributed by atoms with Crippen molar-refractivity contribution < 1.29 is 0 Å². The van der Waals surface area contributed by atoms with Crippen LogP contribution in [0.1, 0.15) is 37.6 Å². The Labute approximate surface area is 91.3 Å². The van der Waals surface area contributed by atoms with Gasteiger partial charge in [0.2, 0.25) is 0 Å². The summed E-state index contributed by atoms with van der Waals surface area (Å²) in [5, 5.41) is 3.45. The van der Waals surface area contributed by atoms with E-state index in [-0.39, 0.29) is 0 Å². The van der Waals surface area contributed by atoms with Gasteiger partial charge in [-0.2, -0.15) is 0 Å². The number of nitrogens with one attached hydrogen (secondary N) is 1. The Kier molecular flexibility index (Phi) is 2.89. The van der Waals surface area contributed by atoms with Crippen molar-refractivity contribution >= 4 is 5.82 Å². The molecule has 0 saturated heterocycles. The number of anilines is 1. The molecule has 15 heavy (non-hydrogen) atoms. The molecule has 3 heteroatoms. The molecule has 0 radical (unpaired) electrons. The molecule has 2 atom stereocenters. The molecule has 0 spiro atoms. The van der Waals surface area contributed by atoms with Gasteiger partial charge in [0.25, 0.3) is 0 Å². The van der Waals surface area contributed by atoms with E-state index in [4.69, 9.17) is 0 Å². The van der Waals surface area contributed by atoms with Crippen LogP contribution in [-0.2, 0) is 0 Å². The molecule has 1 saturated carbocycles. The maximum Gasteiger partial charge on any atom is 0.145 e. The Balaban J connectivity index is 1.92. The lowest BCUT2D eigenvalue weighted by molar-refractivity contribution is 0.692. The first-order chi connectivity index (χ1) is 7.20. The van der Waals surface area contributed by atoms with Crippen LogP contribution in [0.25, 0.3) is 0 Å². The van der Waals surface area contributed by atoms with Gasteiger partial charge in [0.05, 0.1) is 17.6 Å². The van der Waals surface area contributed by atoms with Crippen molar-refractivity contribution in [1.29, 1.82) is 0 Å². The van der Waals surface area contributed by atoms with Crippen LogP contribution in [0.15, 0.2) is 6.20 Å². The minimum atomic E-state index is 0.640. The first-order valence-electron chi connectivity index (χ1n) is 5.77. The highest BCUT2D eigenvalue weighted by Crippen LogP contribution is 2.36. The lowest BCUT2D eigenvalue weighted by Crippen LogP contribution is -2.07. The monoisotopic (exact) mass is 205 g/mol. The van der Waals surface area contributed by atoms with Gasteiger partial charge in [0.15, 0.2) is 0 Å². The summed E-state index contributed by atoms with van der Waals surface area (Å²) < 4.78 is 0. The summed E-state index contributed by atoms with van der Waals surface area (Å²) in [6.45, 7) is 6.23. The fourth-order valence-corrected chi connectivity index (χ4v) is 1.92. The van der Waals surface area contributed by atoms with Crippen LogP contribution in [0.4, 0.5) is 5.82 Å². The molecular weight excluding hydrogens is 186 g/mol. The summed E-state index contributed by atoms with van der Waals surface area (Å²) in [4.78, 5) is 8.78. The van der Waals surface area contributed by atoms with Crippen molar-refractivity contribution in [3.8, 4) is 0 Å². The molecule has 1 N–H and O–H groups in total. The molecule has 2 unspecified atom stereocenters. The predicted molar refractivity (Wildman–Crippen MR) is 61.9 cm³/mol. The van der Waals surface area contributed by atoms with Crippen molar-refractivity contribution in [2.45, 2.75) is 46.1 Å². The first-order valence-corrected chi connectivity index (χ1v) is 5.77. The van der Waals surface area contributed by atoms with Gasteiger partial charge >= 0.3 is 0 Å². The fourth-order valence-electron chi connectivity index (χ4n) is 1.92.